The Morgan fingerprint density at radius 3 is 1.88 bits per heavy atom. The van der Waals surface area contributed by atoms with Gasteiger partial charge >= 0.3 is 12.1 Å². The second kappa shape index (κ2) is 32.9. The number of carboxylic acids is 1. The third kappa shape index (κ3) is 22.3. The predicted molar refractivity (Wildman–Crippen MR) is 295 cm³/mol. The molecule has 5 rings (SSSR count). The molecular weight excluding hydrogens is 1110 g/mol. The number of fused-ring (bicyclic) bond motifs is 1. The Bertz CT molecular complexity index is 2740. The van der Waals surface area contributed by atoms with Gasteiger partial charge in [-0.3, -0.25) is 38.4 Å². The van der Waals surface area contributed by atoms with Crippen LogP contribution in [0.15, 0.2) is 91.1 Å². The molecule has 4 aromatic rings. The third-order valence-corrected chi connectivity index (χ3v) is 14.9. The zero-order valence-corrected chi connectivity index (χ0v) is 46.1. The molecule has 23 nitrogen and oxygen atoms in total. The highest BCUT2D eigenvalue weighted by Gasteiger charge is 2.39. The molecule has 1 fully saturated rings. The van der Waals surface area contributed by atoms with Crippen molar-refractivity contribution >= 4 is 85.7 Å². The first-order valence-electron chi connectivity index (χ1n) is 25.6. The van der Waals surface area contributed by atoms with Crippen LogP contribution in [0, 0.1) is 0 Å². The van der Waals surface area contributed by atoms with E-state index in [-0.39, 0.29) is 56.1 Å². The molecule has 10 atom stereocenters. The maximum Gasteiger partial charge on any atom is 0.490 e. The molecule has 1 aromatic heterocycles. The van der Waals surface area contributed by atoms with Crippen molar-refractivity contribution in [2.24, 2.45) is 5.73 Å². The summed E-state index contributed by atoms with van der Waals surface area (Å²) in [6.45, 7) is 3.52. The minimum absolute atomic E-state index is 0.0331. The van der Waals surface area contributed by atoms with Crippen molar-refractivity contribution in [2.75, 3.05) is 24.7 Å². The second-order valence-electron chi connectivity index (χ2n) is 19.0. The fourth-order valence-electron chi connectivity index (χ4n) is 7.97. The Kier molecular flexibility index (Phi) is 26.9. The lowest BCUT2D eigenvalue weighted by Crippen LogP contribution is -2.62. The van der Waals surface area contributed by atoms with Crippen LogP contribution in [0.4, 0.5) is 13.2 Å². The molecule has 2 heterocycles. The van der Waals surface area contributed by atoms with Gasteiger partial charge in [0.1, 0.15) is 36.3 Å². The SMILES string of the molecule is CC(=O)NCCCC[C@@H]1NC(=O)C(Cc2c[nH]c3ccccc23)NC(=O)[C@H](Cc2ccccc2)NC(=O)[C@@H](NC(=O)[C@H](N)Cc2ccccc2)CSSC[C@@H](C(=O)N[C@H](CO)[C@@H](C)O)NC(=O)[C@H]([C@@H](C)O)NC1=O.O=C(O)C(F)(F)F. The first kappa shape index (κ1) is 66.3. The molecule has 1 saturated heterocycles. The fraction of sp³-hybridized carbons (Fsp3) is 0.453. The van der Waals surface area contributed by atoms with Gasteiger partial charge in [0.25, 0.3) is 0 Å². The van der Waals surface area contributed by atoms with Crippen LogP contribution < -0.4 is 48.3 Å². The first-order valence-corrected chi connectivity index (χ1v) is 28.1. The van der Waals surface area contributed by atoms with Gasteiger partial charge in [0.05, 0.1) is 30.9 Å². The molecule has 0 radical (unpaired) electrons. The molecular formula is C53H69F3N10O13S2. The number of unbranched alkanes of at least 4 members (excludes halogenated alkanes) is 1. The number of benzene rings is 3. The van der Waals surface area contributed by atoms with Crippen LogP contribution in [0.2, 0.25) is 0 Å². The van der Waals surface area contributed by atoms with E-state index in [2.05, 4.69) is 47.5 Å². The standard InChI is InChI=1S/C51H68N10O11S2.C2HF3O2/c1-29(63)41(26-62)58-50(71)43-28-74-73-27-42(59-45(66)36(52)22-32-14-6-4-7-15-32)49(70)56-39(23-33-16-8-5-9-17-33)47(68)57-40(24-34-25-54-37-19-11-10-18-35(34)37)48(69)55-38(20-12-13-21-53-31(3)65)46(67)61-44(30(2)64)51(72)60-43;3-2(4,5)1(6)7/h4-11,14-19,25,29-30,36,38-44,54,62-64H,12-13,20-24,26-28,52H2,1-3H3,(H,53,65)(H,55,69)(H,56,70)(H,57,68)(H,58,71)(H,59,66)(H,60,72)(H,61,67);(H,6,7)/t29-,30-,36-,38+,39+,40?,41-,42+,43+,44+;/m1./s1. The van der Waals surface area contributed by atoms with Gasteiger partial charge in [0.2, 0.25) is 47.3 Å². The largest absolute Gasteiger partial charge is 0.490 e. The minimum atomic E-state index is -5.08. The monoisotopic (exact) mass is 1170 g/mol. The average Bonchev–Trinajstić information content (AvgIpc) is 3.90. The highest BCUT2D eigenvalue weighted by atomic mass is 33.1. The van der Waals surface area contributed by atoms with E-state index in [1.807, 2.05) is 30.3 Å². The molecule has 0 saturated carbocycles. The highest BCUT2D eigenvalue weighted by molar-refractivity contribution is 8.76. The van der Waals surface area contributed by atoms with E-state index in [1.165, 1.54) is 20.8 Å². The molecule has 0 spiro atoms. The van der Waals surface area contributed by atoms with Crippen molar-refractivity contribution < 1.29 is 76.7 Å². The number of rotatable bonds is 18. The number of amides is 8. The van der Waals surface area contributed by atoms with Crippen LogP contribution >= 0.6 is 21.6 Å². The molecule has 8 amide bonds. The number of carbonyl (C=O) groups is 9. The highest BCUT2D eigenvalue weighted by Crippen LogP contribution is 2.25. The molecule has 1 aliphatic rings. The van der Waals surface area contributed by atoms with Crippen LogP contribution in [-0.2, 0) is 62.4 Å². The molecule has 442 valence electrons. The topological polar surface area (TPSA) is 373 Å². The summed E-state index contributed by atoms with van der Waals surface area (Å²) in [5.41, 5.74) is 9.16. The summed E-state index contributed by atoms with van der Waals surface area (Å²) in [5, 5.41) is 60.4. The van der Waals surface area contributed by atoms with E-state index in [9.17, 15) is 66.8 Å². The van der Waals surface area contributed by atoms with Crippen LogP contribution in [0.3, 0.4) is 0 Å². The number of alkyl halides is 3. The summed E-state index contributed by atoms with van der Waals surface area (Å²) < 4.78 is 31.7. The van der Waals surface area contributed by atoms with Gasteiger partial charge in [-0.2, -0.15) is 13.2 Å². The fourth-order valence-corrected chi connectivity index (χ4v) is 10.3. The van der Waals surface area contributed by atoms with Crippen LogP contribution in [-0.4, -0.2) is 170 Å². The van der Waals surface area contributed by atoms with Crippen molar-refractivity contribution in [2.45, 2.75) is 126 Å². The summed E-state index contributed by atoms with van der Waals surface area (Å²) >= 11 is 0. The number of para-hydroxylation sites is 1. The van der Waals surface area contributed by atoms with Crippen LogP contribution in [0.25, 0.3) is 10.9 Å². The van der Waals surface area contributed by atoms with E-state index in [0.717, 1.165) is 38.1 Å². The Balaban J connectivity index is 0.00000189. The van der Waals surface area contributed by atoms with Gasteiger partial charge in [-0.15, -0.1) is 0 Å². The first-order chi connectivity index (χ1) is 38.4. The Labute approximate surface area is 472 Å². The van der Waals surface area contributed by atoms with Crippen molar-refractivity contribution in [1.29, 1.82) is 0 Å². The number of carboxylic acid groups (broad SMARTS) is 1. The minimum Gasteiger partial charge on any atom is -0.475 e. The molecule has 15 N–H and O–H groups in total. The molecule has 1 aliphatic heterocycles. The maximum absolute atomic E-state index is 14.8. The number of aliphatic carboxylic acids is 1. The lowest BCUT2D eigenvalue weighted by Gasteiger charge is -2.29. The number of nitrogens with two attached hydrogens (primary N) is 1. The molecule has 1 unspecified atom stereocenters. The van der Waals surface area contributed by atoms with Gasteiger partial charge in [-0.1, -0.05) is 100 Å². The van der Waals surface area contributed by atoms with E-state index in [4.69, 9.17) is 15.6 Å². The normalized spacial score (nSPS) is 21.3. The number of aromatic nitrogens is 1. The number of hydrogen-bond acceptors (Lipinski definition) is 15. The van der Waals surface area contributed by atoms with Gasteiger partial charge in [-0.25, -0.2) is 4.79 Å². The van der Waals surface area contributed by atoms with Gasteiger partial charge in [-0.05, 0) is 62.3 Å². The Morgan fingerprint density at radius 2 is 1.28 bits per heavy atom. The van der Waals surface area contributed by atoms with E-state index in [1.54, 1.807) is 60.8 Å². The molecule has 0 aliphatic carbocycles. The van der Waals surface area contributed by atoms with E-state index in [0.29, 0.717) is 17.5 Å². The lowest BCUT2D eigenvalue weighted by molar-refractivity contribution is -0.192. The van der Waals surface area contributed by atoms with Crippen molar-refractivity contribution in [3.8, 4) is 0 Å². The number of hydrogen-bond donors (Lipinski definition) is 14. The third-order valence-electron chi connectivity index (χ3n) is 12.4. The summed E-state index contributed by atoms with van der Waals surface area (Å²) in [4.78, 5) is 124. The summed E-state index contributed by atoms with van der Waals surface area (Å²) in [6.07, 6.45) is -5.59. The zero-order valence-electron chi connectivity index (χ0n) is 44.5. The van der Waals surface area contributed by atoms with Gasteiger partial charge < -0.3 is 73.7 Å². The lowest BCUT2D eigenvalue weighted by atomic mass is 10.0. The van der Waals surface area contributed by atoms with Crippen LogP contribution in [0.5, 0.6) is 0 Å². The number of aliphatic hydroxyl groups is 3. The molecule has 81 heavy (non-hydrogen) atoms. The van der Waals surface area contributed by atoms with Crippen molar-refractivity contribution in [3.63, 3.8) is 0 Å². The molecule has 0 bridgehead atoms. The smallest absolute Gasteiger partial charge is 0.475 e. The molecule has 28 heteroatoms. The quantitative estimate of drug-likeness (QED) is 0.0461. The number of halogens is 3. The van der Waals surface area contributed by atoms with Gasteiger partial charge in [0.15, 0.2) is 0 Å². The summed E-state index contributed by atoms with van der Waals surface area (Å²) in [7, 11) is 2.04. The van der Waals surface area contributed by atoms with Gasteiger partial charge in [0, 0.05) is 54.9 Å². The number of aromatic amines is 1. The number of aliphatic hydroxyl groups excluding tert-OH is 3. The zero-order chi connectivity index (χ0) is 59.8. The van der Waals surface area contributed by atoms with E-state index >= 15 is 0 Å². The van der Waals surface area contributed by atoms with E-state index < -0.39 is 121 Å². The van der Waals surface area contributed by atoms with Crippen LogP contribution in [0.1, 0.15) is 56.7 Å². The Morgan fingerprint density at radius 1 is 0.728 bits per heavy atom. The van der Waals surface area contributed by atoms with Crippen molar-refractivity contribution in [3.05, 3.63) is 108 Å². The number of H-pyrrole nitrogens is 1. The number of carbonyl (C=O) groups excluding carboxylic acids is 8. The summed E-state index contributed by atoms with van der Waals surface area (Å²) in [6, 6.07) is 14.3. The Hall–Kier alpha value is -7.24. The second-order valence-corrected chi connectivity index (χ2v) is 21.5. The number of nitrogens with one attached hydrogen (secondary N) is 9. The maximum atomic E-state index is 14.8. The predicted octanol–water partition coefficient (Wildman–Crippen LogP) is 0.00530. The molecule has 3 aromatic carbocycles. The average molecular weight is 1180 g/mol. The van der Waals surface area contributed by atoms with Crippen molar-refractivity contribution in [1.82, 2.24) is 47.5 Å². The summed E-state index contributed by atoms with van der Waals surface area (Å²) in [5.74, 6) is -9.23.